The summed E-state index contributed by atoms with van der Waals surface area (Å²) in [6.45, 7) is 8.92. The van der Waals surface area contributed by atoms with Gasteiger partial charge in [-0.15, -0.1) is 0 Å². The Labute approximate surface area is 117 Å². The second kappa shape index (κ2) is 7.09. The minimum atomic E-state index is 0.444. The Morgan fingerprint density at radius 1 is 1.32 bits per heavy atom. The van der Waals surface area contributed by atoms with Crippen LogP contribution < -0.4 is 5.32 Å². The molecule has 108 valence electrons. The van der Waals surface area contributed by atoms with Crippen LogP contribution in [0.2, 0.25) is 0 Å². The number of hydrogen-bond acceptors (Lipinski definition) is 2. The van der Waals surface area contributed by atoms with Crippen molar-refractivity contribution >= 4 is 0 Å². The molecule has 0 spiro atoms. The fourth-order valence-corrected chi connectivity index (χ4v) is 3.34. The Bertz CT molecular complexity index is 364. The molecule has 1 aliphatic carbocycles. The van der Waals surface area contributed by atoms with E-state index in [4.69, 9.17) is 0 Å². The zero-order chi connectivity index (χ0) is 13.7. The number of nitrogens with one attached hydrogen (secondary N) is 1. The van der Waals surface area contributed by atoms with Crippen LogP contribution >= 0.6 is 0 Å². The monoisotopic (exact) mass is 263 g/mol. The molecule has 0 bridgehead atoms. The highest BCUT2D eigenvalue weighted by Crippen LogP contribution is 2.36. The van der Waals surface area contributed by atoms with Crippen LogP contribution in [-0.4, -0.2) is 16.1 Å². The predicted octanol–water partition coefficient (Wildman–Crippen LogP) is 3.77. The fraction of sp³-hybridized carbons (Fsp3) is 0.812. The highest BCUT2D eigenvalue weighted by Gasteiger charge is 2.29. The topological polar surface area (TPSA) is 29.9 Å². The second-order valence-electron chi connectivity index (χ2n) is 6.03. The van der Waals surface area contributed by atoms with Crippen LogP contribution in [-0.2, 0) is 6.54 Å². The van der Waals surface area contributed by atoms with E-state index < -0.39 is 0 Å². The molecule has 1 N–H and O–H groups in total. The van der Waals surface area contributed by atoms with Crippen molar-refractivity contribution in [3.63, 3.8) is 0 Å². The van der Waals surface area contributed by atoms with Gasteiger partial charge in [0.25, 0.3) is 0 Å². The van der Waals surface area contributed by atoms with Crippen molar-refractivity contribution in [3.05, 3.63) is 18.2 Å². The summed E-state index contributed by atoms with van der Waals surface area (Å²) in [4.78, 5) is 4.65. The average Bonchev–Trinajstić information content (AvgIpc) is 2.86. The predicted molar refractivity (Wildman–Crippen MR) is 80.1 cm³/mol. The van der Waals surface area contributed by atoms with Gasteiger partial charge in [-0.05, 0) is 37.6 Å². The van der Waals surface area contributed by atoms with Crippen molar-refractivity contribution in [3.8, 4) is 0 Å². The maximum Gasteiger partial charge on any atom is 0.126 e. The number of nitrogens with zero attached hydrogens (tertiary/aromatic N) is 2. The maximum absolute atomic E-state index is 4.65. The lowest BCUT2D eigenvalue weighted by Crippen LogP contribution is -2.33. The summed E-state index contributed by atoms with van der Waals surface area (Å²) in [5, 5.41) is 3.69. The van der Waals surface area contributed by atoms with E-state index in [2.05, 4.69) is 41.8 Å². The first-order chi connectivity index (χ1) is 9.26. The second-order valence-corrected chi connectivity index (χ2v) is 6.03. The minimum absolute atomic E-state index is 0.444. The van der Waals surface area contributed by atoms with Crippen molar-refractivity contribution in [2.45, 2.75) is 65.5 Å². The maximum atomic E-state index is 4.65. The van der Waals surface area contributed by atoms with Gasteiger partial charge in [0.1, 0.15) is 5.82 Å². The summed E-state index contributed by atoms with van der Waals surface area (Å²) < 4.78 is 2.34. The molecule has 1 heterocycles. The molecule has 0 aliphatic heterocycles. The third kappa shape index (κ3) is 3.59. The summed E-state index contributed by atoms with van der Waals surface area (Å²) in [5.74, 6) is 2.92. The van der Waals surface area contributed by atoms with Gasteiger partial charge < -0.3 is 9.88 Å². The number of aryl methyl sites for hydroxylation is 1. The van der Waals surface area contributed by atoms with E-state index in [9.17, 15) is 0 Å². The molecule has 0 aromatic carbocycles. The molecule has 1 unspecified atom stereocenters. The average molecular weight is 263 g/mol. The third-order valence-corrected chi connectivity index (χ3v) is 4.45. The Hall–Kier alpha value is -0.830. The summed E-state index contributed by atoms with van der Waals surface area (Å²) in [6.07, 6.45) is 10.7. The highest BCUT2D eigenvalue weighted by molar-refractivity contribution is 5.02. The molecule has 1 fully saturated rings. The van der Waals surface area contributed by atoms with Gasteiger partial charge in [0, 0.05) is 18.9 Å². The molecule has 1 saturated carbocycles. The van der Waals surface area contributed by atoms with Gasteiger partial charge in [-0.1, -0.05) is 33.6 Å². The van der Waals surface area contributed by atoms with E-state index in [0.717, 1.165) is 24.9 Å². The van der Waals surface area contributed by atoms with Gasteiger partial charge in [0.05, 0.1) is 6.04 Å². The molecule has 1 aromatic rings. The smallest absolute Gasteiger partial charge is 0.126 e. The molecule has 0 radical (unpaired) electrons. The van der Waals surface area contributed by atoms with Crippen LogP contribution in [0.3, 0.4) is 0 Å². The lowest BCUT2D eigenvalue weighted by Gasteiger charge is -2.33. The van der Waals surface area contributed by atoms with Crippen molar-refractivity contribution in [2.24, 2.45) is 11.8 Å². The Morgan fingerprint density at radius 3 is 2.68 bits per heavy atom. The normalized spacial score (nSPS) is 25.4. The van der Waals surface area contributed by atoms with Crippen molar-refractivity contribution < 1.29 is 0 Å². The molecule has 19 heavy (non-hydrogen) atoms. The van der Waals surface area contributed by atoms with Crippen LogP contribution in [0.1, 0.15) is 64.7 Å². The molecule has 2 rings (SSSR count). The van der Waals surface area contributed by atoms with Crippen LogP contribution in [0, 0.1) is 11.8 Å². The van der Waals surface area contributed by atoms with Gasteiger partial charge >= 0.3 is 0 Å². The number of hydrogen-bond donors (Lipinski definition) is 1. The van der Waals surface area contributed by atoms with Crippen LogP contribution in [0.15, 0.2) is 12.4 Å². The standard InChI is InChI=1S/C16H29N3/c1-4-11-19-12-10-18-16(19)15(17-5-2)14-8-6-13(3)7-9-14/h10,12-15,17H,4-9,11H2,1-3H3. The summed E-state index contributed by atoms with van der Waals surface area (Å²) >= 11 is 0. The Balaban J connectivity index is 2.12. The van der Waals surface area contributed by atoms with E-state index in [1.807, 2.05) is 6.20 Å². The van der Waals surface area contributed by atoms with E-state index in [1.165, 1.54) is 37.9 Å². The van der Waals surface area contributed by atoms with Crippen molar-refractivity contribution in [2.75, 3.05) is 6.54 Å². The van der Waals surface area contributed by atoms with E-state index in [0.29, 0.717) is 6.04 Å². The van der Waals surface area contributed by atoms with Crippen molar-refractivity contribution in [1.29, 1.82) is 0 Å². The van der Waals surface area contributed by atoms with E-state index >= 15 is 0 Å². The molecule has 0 saturated heterocycles. The largest absolute Gasteiger partial charge is 0.334 e. The molecule has 1 atom stereocenters. The molecule has 1 aromatic heterocycles. The molecule has 3 nitrogen and oxygen atoms in total. The van der Waals surface area contributed by atoms with Gasteiger partial charge in [-0.3, -0.25) is 0 Å². The first-order valence-corrected chi connectivity index (χ1v) is 8.00. The van der Waals surface area contributed by atoms with Crippen LogP contribution in [0.25, 0.3) is 0 Å². The van der Waals surface area contributed by atoms with Gasteiger partial charge in [-0.2, -0.15) is 0 Å². The number of aromatic nitrogens is 2. The lowest BCUT2D eigenvalue weighted by molar-refractivity contribution is 0.224. The van der Waals surface area contributed by atoms with E-state index in [1.54, 1.807) is 0 Å². The lowest BCUT2D eigenvalue weighted by atomic mass is 9.79. The molecular formula is C16H29N3. The van der Waals surface area contributed by atoms with Gasteiger partial charge in [0.15, 0.2) is 0 Å². The third-order valence-electron chi connectivity index (χ3n) is 4.45. The Morgan fingerprint density at radius 2 is 2.05 bits per heavy atom. The molecular weight excluding hydrogens is 234 g/mol. The molecule has 3 heteroatoms. The van der Waals surface area contributed by atoms with Gasteiger partial charge in [0.2, 0.25) is 0 Å². The fourth-order valence-electron chi connectivity index (χ4n) is 3.34. The minimum Gasteiger partial charge on any atom is -0.334 e. The van der Waals surface area contributed by atoms with Crippen molar-refractivity contribution in [1.82, 2.24) is 14.9 Å². The number of rotatable bonds is 6. The summed E-state index contributed by atoms with van der Waals surface area (Å²) in [7, 11) is 0. The zero-order valence-corrected chi connectivity index (χ0v) is 12.7. The Kier molecular flexibility index (Phi) is 5.44. The molecule has 0 amide bonds. The van der Waals surface area contributed by atoms with Crippen LogP contribution in [0.4, 0.5) is 0 Å². The first kappa shape index (κ1) is 14.6. The van der Waals surface area contributed by atoms with Gasteiger partial charge in [-0.25, -0.2) is 4.98 Å². The molecule has 1 aliphatic rings. The first-order valence-electron chi connectivity index (χ1n) is 8.00. The zero-order valence-electron chi connectivity index (χ0n) is 12.7. The quantitative estimate of drug-likeness (QED) is 0.846. The summed E-state index contributed by atoms with van der Waals surface area (Å²) in [5.41, 5.74) is 0. The van der Waals surface area contributed by atoms with E-state index in [-0.39, 0.29) is 0 Å². The number of imidazole rings is 1. The van der Waals surface area contributed by atoms with Crippen LogP contribution in [0.5, 0.6) is 0 Å². The SMILES string of the molecule is CCCn1ccnc1C(NCC)C1CCC(C)CC1. The highest BCUT2D eigenvalue weighted by atomic mass is 15.1. The summed E-state index contributed by atoms with van der Waals surface area (Å²) in [6, 6.07) is 0.444.